The van der Waals surface area contributed by atoms with E-state index in [2.05, 4.69) is 18.8 Å². The summed E-state index contributed by atoms with van der Waals surface area (Å²) in [6.45, 7) is 6.03. The number of hydrogen-bond acceptors (Lipinski definition) is 1. The van der Waals surface area contributed by atoms with Gasteiger partial charge in [-0.3, -0.25) is 0 Å². The second-order valence-corrected chi connectivity index (χ2v) is 4.61. The van der Waals surface area contributed by atoms with E-state index in [-0.39, 0.29) is 5.41 Å². The lowest BCUT2D eigenvalue weighted by atomic mass is 9.74. The van der Waals surface area contributed by atoms with E-state index in [9.17, 15) is 5.11 Å². The Hall–Kier alpha value is -0.480. The van der Waals surface area contributed by atoms with Gasteiger partial charge >= 0.3 is 0 Å². The lowest BCUT2D eigenvalue weighted by Crippen LogP contribution is -2.38. The van der Waals surface area contributed by atoms with Crippen molar-refractivity contribution in [2.75, 3.05) is 0 Å². The van der Waals surface area contributed by atoms with Gasteiger partial charge in [-0.25, -0.2) is 0 Å². The quantitative estimate of drug-likeness (QED) is 0.648. The van der Waals surface area contributed by atoms with Crippen LogP contribution in [-0.2, 0) is 0 Å². The van der Waals surface area contributed by atoms with Crippen LogP contribution in [0.1, 0.15) is 52.9 Å². The van der Waals surface area contributed by atoms with Gasteiger partial charge in [0.2, 0.25) is 0 Å². The molecule has 1 aliphatic rings. The average molecular weight is 180 g/mol. The van der Waals surface area contributed by atoms with Crippen molar-refractivity contribution in [1.82, 2.24) is 0 Å². The molecule has 0 amide bonds. The number of rotatable bonds is 2. The van der Waals surface area contributed by atoms with E-state index in [1.807, 2.05) is 13.8 Å². The van der Waals surface area contributed by atoms with E-state index in [1.165, 1.54) is 0 Å². The van der Waals surface area contributed by atoms with Crippen LogP contribution in [0.3, 0.4) is 0 Å². The first-order valence-corrected chi connectivity index (χ1v) is 5.14. The lowest BCUT2D eigenvalue weighted by molar-refractivity contribution is -0.0392. The monoisotopic (exact) mass is 180 g/mol. The largest absolute Gasteiger partial charge is 0.390 e. The van der Waals surface area contributed by atoms with Crippen molar-refractivity contribution in [1.29, 1.82) is 0 Å². The molecule has 1 N–H and O–H groups in total. The first-order valence-electron chi connectivity index (χ1n) is 5.14. The van der Waals surface area contributed by atoms with E-state index in [1.54, 1.807) is 0 Å². The van der Waals surface area contributed by atoms with Gasteiger partial charge in [-0.1, -0.05) is 6.92 Å². The van der Waals surface area contributed by atoms with Gasteiger partial charge in [0.1, 0.15) is 0 Å². The van der Waals surface area contributed by atoms with E-state index in [0.29, 0.717) is 0 Å². The molecule has 1 nitrogen and oxygen atoms in total. The van der Waals surface area contributed by atoms with Crippen LogP contribution in [0.5, 0.6) is 0 Å². The van der Waals surface area contributed by atoms with Crippen molar-refractivity contribution < 1.29 is 5.11 Å². The third kappa shape index (κ3) is 2.06. The maximum Gasteiger partial charge on any atom is 0.0673 e. The fourth-order valence-electron chi connectivity index (χ4n) is 2.25. The van der Waals surface area contributed by atoms with Crippen LogP contribution >= 0.6 is 0 Å². The van der Waals surface area contributed by atoms with Crippen LogP contribution in [0.25, 0.3) is 0 Å². The lowest BCUT2D eigenvalue weighted by Gasteiger charge is -2.36. The molecular weight excluding hydrogens is 160 g/mol. The van der Waals surface area contributed by atoms with Gasteiger partial charge in [0.15, 0.2) is 0 Å². The van der Waals surface area contributed by atoms with E-state index in [0.717, 1.165) is 32.1 Å². The average Bonchev–Trinajstić information content (AvgIpc) is 2.28. The fourth-order valence-corrected chi connectivity index (χ4v) is 2.25. The number of aliphatic hydroxyl groups is 1. The van der Waals surface area contributed by atoms with Crippen molar-refractivity contribution in [3.63, 3.8) is 0 Å². The molecule has 0 spiro atoms. The van der Waals surface area contributed by atoms with Crippen molar-refractivity contribution in [3.05, 3.63) is 0 Å². The summed E-state index contributed by atoms with van der Waals surface area (Å²) in [5.41, 5.74) is -0.376. The van der Waals surface area contributed by atoms with Crippen LogP contribution < -0.4 is 0 Å². The zero-order chi connectivity index (χ0) is 9.95. The highest BCUT2D eigenvalue weighted by atomic mass is 16.3. The summed E-state index contributed by atoms with van der Waals surface area (Å²) in [5, 5.41) is 10.2. The van der Waals surface area contributed by atoms with E-state index in [4.69, 9.17) is 0 Å². The third-order valence-corrected chi connectivity index (χ3v) is 3.67. The Bertz CT molecular complexity index is 231. The molecule has 1 heteroatoms. The predicted octanol–water partition coefficient (Wildman–Crippen LogP) is 2.73. The van der Waals surface area contributed by atoms with Crippen LogP contribution in [0.4, 0.5) is 0 Å². The highest BCUT2D eigenvalue weighted by Crippen LogP contribution is 2.48. The first-order chi connectivity index (χ1) is 6.02. The van der Waals surface area contributed by atoms with Crippen molar-refractivity contribution in [2.45, 2.75) is 58.5 Å². The zero-order valence-corrected chi connectivity index (χ0v) is 8.98. The molecular formula is C12H20O. The molecule has 1 rings (SSSR count). The minimum absolute atomic E-state index is 0.0941. The maximum absolute atomic E-state index is 10.2. The highest BCUT2D eigenvalue weighted by Gasteiger charge is 2.46. The van der Waals surface area contributed by atoms with Gasteiger partial charge in [-0.05, 0) is 44.9 Å². The smallest absolute Gasteiger partial charge is 0.0673 e. The molecule has 2 unspecified atom stereocenters. The second kappa shape index (κ2) is 3.72. The number of hydrogen-bond donors (Lipinski definition) is 1. The normalized spacial score (nSPS) is 38.5. The van der Waals surface area contributed by atoms with Crippen molar-refractivity contribution in [3.8, 4) is 11.8 Å². The molecule has 0 aliphatic heterocycles. The van der Waals surface area contributed by atoms with E-state index < -0.39 is 5.60 Å². The predicted molar refractivity (Wildman–Crippen MR) is 55.3 cm³/mol. The summed E-state index contributed by atoms with van der Waals surface area (Å²) in [6.07, 6.45) is 5.20. The summed E-state index contributed by atoms with van der Waals surface area (Å²) in [5.74, 6) is 5.98. The minimum atomic E-state index is -0.470. The van der Waals surface area contributed by atoms with Gasteiger partial charge in [0.25, 0.3) is 0 Å². The standard InChI is InChI=1S/C12H20O/c1-4-5-6-8-11(2)9-7-10-12(11,3)13/h13H,6-10H2,1-3H3. The third-order valence-electron chi connectivity index (χ3n) is 3.67. The second-order valence-electron chi connectivity index (χ2n) is 4.61. The van der Waals surface area contributed by atoms with E-state index >= 15 is 0 Å². The molecule has 0 aromatic rings. The first kappa shape index (κ1) is 10.6. The maximum atomic E-state index is 10.2. The Kier molecular flexibility index (Phi) is 3.03. The molecule has 1 aliphatic carbocycles. The van der Waals surface area contributed by atoms with Crippen LogP contribution in [-0.4, -0.2) is 10.7 Å². The highest BCUT2D eigenvalue weighted by molar-refractivity contribution is 5.02. The molecule has 1 fully saturated rings. The Morgan fingerprint density at radius 2 is 2.00 bits per heavy atom. The molecule has 0 bridgehead atoms. The fraction of sp³-hybridized carbons (Fsp3) is 0.833. The topological polar surface area (TPSA) is 20.2 Å². The van der Waals surface area contributed by atoms with Crippen molar-refractivity contribution in [2.24, 2.45) is 5.41 Å². The molecule has 13 heavy (non-hydrogen) atoms. The molecule has 0 aromatic heterocycles. The summed E-state index contributed by atoms with van der Waals surface area (Å²) in [4.78, 5) is 0. The van der Waals surface area contributed by atoms with Gasteiger partial charge in [0, 0.05) is 6.42 Å². The minimum Gasteiger partial charge on any atom is -0.390 e. The summed E-state index contributed by atoms with van der Waals surface area (Å²) in [6, 6.07) is 0. The van der Waals surface area contributed by atoms with Crippen LogP contribution in [0.2, 0.25) is 0 Å². The summed E-state index contributed by atoms with van der Waals surface area (Å²) < 4.78 is 0. The Labute approximate surface area is 81.5 Å². The van der Waals surface area contributed by atoms with Gasteiger partial charge in [-0.15, -0.1) is 11.8 Å². The SMILES string of the molecule is CC#CCCC1(C)CCCC1(C)O. The molecule has 0 aromatic carbocycles. The Balaban J connectivity index is 2.57. The Morgan fingerprint density at radius 1 is 1.31 bits per heavy atom. The summed E-state index contributed by atoms with van der Waals surface area (Å²) >= 11 is 0. The molecule has 1 saturated carbocycles. The molecule has 74 valence electrons. The molecule has 0 heterocycles. The molecule has 0 saturated heterocycles. The molecule has 0 radical (unpaired) electrons. The molecule has 2 atom stereocenters. The van der Waals surface area contributed by atoms with Crippen LogP contribution in [0.15, 0.2) is 0 Å². The van der Waals surface area contributed by atoms with Crippen molar-refractivity contribution >= 4 is 0 Å². The van der Waals surface area contributed by atoms with Crippen LogP contribution in [0, 0.1) is 17.3 Å². The van der Waals surface area contributed by atoms with Gasteiger partial charge < -0.3 is 5.11 Å². The summed E-state index contributed by atoms with van der Waals surface area (Å²) in [7, 11) is 0. The zero-order valence-electron chi connectivity index (χ0n) is 8.98. The van der Waals surface area contributed by atoms with Gasteiger partial charge in [-0.2, -0.15) is 0 Å². The Morgan fingerprint density at radius 3 is 2.46 bits per heavy atom. The van der Waals surface area contributed by atoms with Gasteiger partial charge in [0.05, 0.1) is 5.60 Å².